The number of hydrazone groups is 1. The van der Waals surface area contributed by atoms with Crippen LogP contribution in [0.5, 0.6) is 11.5 Å². The number of carbonyl (C=O) groups is 3. The molecule has 0 unspecified atom stereocenters. The Morgan fingerprint density at radius 2 is 1.91 bits per heavy atom. The third-order valence-electron chi connectivity index (χ3n) is 3.91. The van der Waals surface area contributed by atoms with Crippen molar-refractivity contribution in [1.82, 2.24) is 10.7 Å². The van der Waals surface area contributed by atoms with Crippen LogP contribution in [0.4, 0.5) is 5.69 Å². The summed E-state index contributed by atoms with van der Waals surface area (Å²) in [6.07, 6.45) is 1.35. The van der Waals surface area contributed by atoms with Gasteiger partial charge in [0.25, 0.3) is 5.91 Å². The summed E-state index contributed by atoms with van der Waals surface area (Å²) in [6.45, 7) is 5.20. The lowest BCUT2D eigenvalue weighted by Gasteiger charge is -2.13. The molecule has 170 valence electrons. The lowest BCUT2D eigenvalue weighted by molar-refractivity contribution is -0.139. The molecule has 0 saturated heterocycles. The summed E-state index contributed by atoms with van der Waals surface area (Å²) in [5, 5.41) is 9.01. The fourth-order valence-corrected chi connectivity index (χ4v) is 3.13. The summed E-state index contributed by atoms with van der Waals surface area (Å²) in [6, 6.07) is 10.6. The van der Waals surface area contributed by atoms with E-state index in [0.717, 1.165) is 5.56 Å². The molecular weight excluding hydrogens is 480 g/mol. The smallest absolute Gasteiger partial charge is 0.329 e. The van der Waals surface area contributed by atoms with Crippen molar-refractivity contribution in [3.63, 3.8) is 0 Å². The predicted molar refractivity (Wildman–Crippen MR) is 125 cm³/mol. The summed E-state index contributed by atoms with van der Waals surface area (Å²) in [4.78, 5) is 35.5. The molecule has 10 heteroatoms. The lowest BCUT2D eigenvalue weighted by Crippen LogP contribution is -2.41. The molecule has 0 aromatic heterocycles. The number of benzene rings is 2. The van der Waals surface area contributed by atoms with E-state index in [0.29, 0.717) is 27.2 Å². The fraction of sp³-hybridized carbons (Fsp3) is 0.273. The molecule has 0 heterocycles. The first-order valence-corrected chi connectivity index (χ1v) is 10.5. The predicted octanol–water partition coefficient (Wildman–Crippen LogP) is 2.76. The molecule has 32 heavy (non-hydrogen) atoms. The highest BCUT2D eigenvalue weighted by Gasteiger charge is 2.15. The molecule has 0 spiro atoms. The van der Waals surface area contributed by atoms with Crippen LogP contribution in [-0.2, 0) is 14.4 Å². The number of halogens is 1. The van der Waals surface area contributed by atoms with Gasteiger partial charge < -0.3 is 20.1 Å². The molecule has 0 fully saturated rings. The number of carbonyl (C=O) groups excluding carboxylic acids is 3. The Kier molecular flexibility index (Phi) is 9.21. The number of rotatable bonds is 8. The minimum atomic E-state index is -0.874. The Labute approximate surface area is 194 Å². The molecule has 0 aliphatic heterocycles. The number of nitrogens with zero attached hydrogens (tertiary/aromatic N) is 1. The first-order valence-electron chi connectivity index (χ1n) is 9.70. The number of methoxy groups -OCH3 is 1. The number of amides is 3. The maximum Gasteiger partial charge on any atom is 0.329 e. The second-order valence-corrected chi connectivity index (χ2v) is 7.92. The van der Waals surface area contributed by atoms with Gasteiger partial charge >= 0.3 is 11.8 Å². The lowest BCUT2D eigenvalue weighted by atomic mass is 10.2. The molecule has 0 radical (unpaired) electrons. The zero-order chi connectivity index (χ0) is 23.7. The van der Waals surface area contributed by atoms with Crippen molar-refractivity contribution < 1.29 is 23.9 Å². The molecule has 0 atom stereocenters. The van der Waals surface area contributed by atoms with Crippen molar-refractivity contribution in [1.29, 1.82) is 0 Å². The van der Waals surface area contributed by atoms with Crippen LogP contribution in [0.25, 0.3) is 0 Å². The quantitative estimate of drug-likeness (QED) is 0.290. The van der Waals surface area contributed by atoms with E-state index in [1.807, 2.05) is 25.1 Å². The Morgan fingerprint density at radius 3 is 2.56 bits per heavy atom. The van der Waals surface area contributed by atoms with Crippen LogP contribution in [0, 0.1) is 6.92 Å². The first kappa shape index (κ1) is 24.9. The summed E-state index contributed by atoms with van der Waals surface area (Å²) < 4.78 is 11.5. The van der Waals surface area contributed by atoms with Gasteiger partial charge in [0.15, 0.2) is 18.1 Å². The van der Waals surface area contributed by atoms with E-state index in [-0.39, 0.29) is 18.6 Å². The highest BCUT2D eigenvalue weighted by molar-refractivity contribution is 9.10. The third kappa shape index (κ3) is 7.69. The van der Waals surface area contributed by atoms with Gasteiger partial charge in [0.2, 0.25) is 0 Å². The number of anilines is 1. The van der Waals surface area contributed by atoms with Gasteiger partial charge in [0, 0.05) is 11.7 Å². The molecule has 0 bridgehead atoms. The van der Waals surface area contributed by atoms with Gasteiger partial charge in [-0.05, 0) is 72.1 Å². The SMILES string of the molecule is COc1cc(/C=N\NC(=O)C(=O)NC(C)C)cc(Br)c1OCC(=O)Nc1cccc(C)c1. The van der Waals surface area contributed by atoms with E-state index < -0.39 is 11.8 Å². The fourth-order valence-electron chi connectivity index (χ4n) is 2.56. The number of nitrogens with one attached hydrogen (secondary N) is 3. The normalized spacial score (nSPS) is 10.7. The van der Waals surface area contributed by atoms with Gasteiger partial charge in [-0.2, -0.15) is 5.10 Å². The van der Waals surface area contributed by atoms with Crippen molar-refractivity contribution in [2.24, 2.45) is 5.10 Å². The van der Waals surface area contributed by atoms with Crippen molar-refractivity contribution in [3.05, 3.63) is 52.0 Å². The Morgan fingerprint density at radius 1 is 1.16 bits per heavy atom. The van der Waals surface area contributed by atoms with Crippen molar-refractivity contribution in [2.45, 2.75) is 26.8 Å². The first-order chi connectivity index (χ1) is 15.2. The molecule has 3 N–H and O–H groups in total. The molecule has 2 aromatic rings. The standard InChI is InChI=1S/C22H25BrN4O5/c1-13(2)25-21(29)22(30)27-24-11-15-9-17(23)20(18(10-15)31-4)32-12-19(28)26-16-7-5-6-14(3)8-16/h5-11,13H,12H2,1-4H3,(H,25,29)(H,26,28)(H,27,30)/b24-11-. The van der Waals surface area contributed by atoms with Crippen molar-refractivity contribution >= 4 is 45.6 Å². The topological polar surface area (TPSA) is 118 Å². The molecule has 2 aromatic carbocycles. The van der Waals surface area contributed by atoms with Gasteiger partial charge in [0.1, 0.15) is 0 Å². The van der Waals surface area contributed by atoms with E-state index in [1.165, 1.54) is 13.3 Å². The summed E-state index contributed by atoms with van der Waals surface area (Å²) in [7, 11) is 1.46. The highest BCUT2D eigenvalue weighted by atomic mass is 79.9. The van der Waals surface area contributed by atoms with Crippen LogP contribution in [-0.4, -0.2) is 43.7 Å². The Balaban J connectivity index is 2.01. The van der Waals surface area contributed by atoms with E-state index in [4.69, 9.17) is 9.47 Å². The van der Waals surface area contributed by atoms with E-state index in [2.05, 4.69) is 37.1 Å². The van der Waals surface area contributed by atoms with Crippen molar-refractivity contribution in [2.75, 3.05) is 19.0 Å². The minimum absolute atomic E-state index is 0.163. The number of aryl methyl sites for hydroxylation is 1. The maximum atomic E-state index is 12.2. The zero-order valence-corrected chi connectivity index (χ0v) is 19.8. The second kappa shape index (κ2) is 11.8. The molecule has 9 nitrogen and oxygen atoms in total. The largest absolute Gasteiger partial charge is 0.493 e. The van der Waals surface area contributed by atoms with Crippen LogP contribution in [0.2, 0.25) is 0 Å². The zero-order valence-electron chi connectivity index (χ0n) is 18.2. The van der Waals surface area contributed by atoms with E-state index in [1.54, 1.807) is 32.0 Å². The van der Waals surface area contributed by atoms with Crippen molar-refractivity contribution in [3.8, 4) is 11.5 Å². The Hall–Kier alpha value is -3.40. The van der Waals surface area contributed by atoms with Gasteiger partial charge in [-0.1, -0.05) is 12.1 Å². The molecule has 0 aliphatic rings. The molecule has 0 aliphatic carbocycles. The van der Waals surface area contributed by atoms with Crippen LogP contribution in [0.1, 0.15) is 25.0 Å². The number of ether oxygens (including phenoxy) is 2. The molecule has 3 amide bonds. The van der Waals surface area contributed by atoms with Gasteiger partial charge in [0.05, 0.1) is 17.8 Å². The third-order valence-corrected chi connectivity index (χ3v) is 4.50. The summed E-state index contributed by atoms with van der Waals surface area (Å²) >= 11 is 3.39. The Bertz CT molecular complexity index is 1020. The summed E-state index contributed by atoms with van der Waals surface area (Å²) in [5.41, 5.74) is 4.43. The van der Waals surface area contributed by atoms with Crippen LogP contribution in [0.15, 0.2) is 46.0 Å². The summed E-state index contributed by atoms with van der Waals surface area (Å²) in [5.74, 6) is -1.28. The second-order valence-electron chi connectivity index (χ2n) is 7.07. The van der Waals surface area contributed by atoms with Crippen LogP contribution in [0.3, 0.4) is 0 Å². The van der Waals surface area contributed by atoms with Gasteiger partial charge in [-0.25, -0.2) is 5.43 Å². The number of hydrogen-bond donors (Lipinski definition) is 3. The van der Waals surface area contributed by atoms with Crippen LogP contribution >= 0.6 is 15.9 Å². The monoisotopic (exact) mass is 504 g/mol. The van der Waals surface area contributed by atoms with Gasteiger partial charge in [-0.3, -0.25) is 14.4 Å². The number of hydrogen-bond acceptors (Lipinski definition) is 6. The molecular formula is C22H25BrN4O5. The van der Waals surface area contributed by atoms with E-state index >= 15 is 0 Å². The van der Waals surface area contributed by atoms with Gasteiger partial charge in [-0.15, -0.1) is 0 Å². The minimum Gasteiger partial charge on any atom is -0.493 e. The molecule has 2 rings (SSSR count). The highest BCUT2D eigenvalue weighted by Crippen LogP contribution is 2.36. The average molecular weight is 505 g/mol. The van der Waals surface area contributed by atoms with E-state index in [9.17, 15) is 14.4 Å². The maximum absolute atomic E-state index is 12.2. The average Bonchev–Trinajstić information content (AvgIpc) is 2.72. The van der Waals surface area contributed by atoms with Crippen LogP contribution < -0.4 is 25.5 Å². The molecule has 0 saturated carbocycles.